The summed E-state index contributed by atoms with van der Waals surface area (Å²) >= 11 is 5.97. The van der Waals surface area contributed by atoms with Crippen LogP contribution >= 0.6 is 11.6 Å². The molecule has 13 heteroatoms. The van der Waals surface area contributed by atoms with Crippen molar-refractivity contribution in [1.29, 1.82) is 0 Å². The van der Waals surface area contributed by atoms with Crippen molar-refractivity contribution >= 4 is 17.6 Å². The maximum atomic E-state index is 12.9. The van der Waals surface area contributed by atoms with Gasteiger partial charge in [-0.3, -0.25) is 30.6 Å². The Balaban J connectivity index is 1.52. The third kappa shape index (κ3) is 5.31. The number of hydrogen-bond donors (Lipinski definition) is 4. The molecule has 0 saturated heterocycles. The van der Waals surface area contributed by atoms with Gasteiger partial charge < -0.3 is 9.47 Å². The number of aryl methyl sites for hydroxylation is 1. The van der Waals surface area contributed by atoms with Crippen LogP contribution in [0.3, 0.4) is 0 Å². The summed E-state index contributed by atoms with van der Waals surface area (Å²) in [6.07, 6.45) is -0.868. The fraction of sp³-hybridized carbons (Fsp3) is 0.400. The number of aromatic nitrogens is 1. The summed E-state index contributed by atoms with van der Waals surface area (Å²) in [5.41, 5.74) is 2.84. The topological polar surface area (TPSA) is 154 Å². The van der Waals surface area contributed by atoms with Crippen molar-refractivity contribution in [3.05, 3.63) is 57.9 Å². The number of hydrogen-bond acceptors (Lipinski definition) is 12. The summed E-state index contributed by atoms with van der Waals surface area (Å²) < 4.78 is 11.6. The lowest BCUT2D eigenvalue weighted by Gasteiger charge is -2.20. The Hall–Kier alpha value is -2.23. The van der Waals surface area contributed by atoms with E-state index in [4.69, 9.17) is 51.6 Å². The summed E-state index contributed by atoms with van der Waals surface area (Å²) in [6, 6.07) is 7.22. The van der Waals surface area contributed by atoms with Crippen LogP contribution < -0.4 is 4.74 Å². The molecule has 2 heterocycles. The second-order valence-corrected chi connectivity index (χ2v) is 8.17. The zero-order valence-corrected chi connectivity index (χ0v) is 18.1. The van der Waals surface area contributed by atoms with Crippen LogP contribution in [0.5, 0.6) is 5.75 Å². The van der Waals surface area contributed by atoms with E-state index in [2.05, 4.69) is 4.98 Å². The lowest BCUT2D eigenvalue weighted by molar-refractivity contribution is -0.535. The number of carbonyl (C=O) groups excluding carboxylic acids is 1. The van der Waals surface area contributed by atoms with Crippen molar-refractivity contribution in [2.75, 3.05) is 0 Å². The molecular weight excluding hydrogens is 462 g/mol. The van der Waals surface area contributed by atoms with Crippen LogP contribution in [0.1, 0.15) is 41.3 Å². The number of carbonyl (C=O) groups is 1. The summed E-state index contributed by atoms with van der Waals surface area (Å²) in [5, 5.41) is 35.3. The van der Waals surface area contributed by atoms with E-state index >= 15 is 0 Å². The molecule has 33 heavy (non-hydrogen) atoms. The van der Waals surface area contributed by atoms with E-state index < -0.39 is 34.9 Å². The molecule has 1 aliphatic heterocycles. The number of ether oxygens (including phenoxy) is 2. The fourth-order valence-corrected chi connectivity index (χ4v) is 4.26. The molecule has 1 fully saturated rings. The van der Waals surface area contributed by atoms with Gasteiger partial charge in [0, 0.05) is 22.3 Å². The van der Waals surface area contributed by atoms with Gasteiger partial charge in [0.15, 0.2) is 5.75 Å². The van der Waals surface area contributed by atoms with Gasteiger partial charge >= 0.3 is 5.97 Å². The Morgan fingerprint density at radius 1 is 1.09 bits per heavy atom. The zero-order chi connectivity index (χ0) is 23.7. The van der Waals surface area contributed by atoms with Crippen molar-refractivity contribution in [1.82, 2.24) is 15.8 Å². The third-order valence-electron chi connectivity index (χ3n) is 5.64. The van der Waals surface area contributed by atoms with Crippen LogP contribution in [0.2, 0.25) is 5.02 Å². The second-order valence-electron chi connectivity index (χ2n) is 7.73. The van der Waals surface area contributed by atoms with Crippen LogP contribution in [0.4, 0.5) is 0 Å². The molecule has 0 bridgehead atoms. The highest BCUT2D eigenvalue weighted by molar-refractivity contribution is 6.30. The number of rotatable bonds is 7. The first-order chi connectivity index (χ1) is 15.7. The van der Waals surface area contributed by atoms with Crippen LogP contribution in [-0.4, -0.2) is 54.8 Å². The normalized spacial score (nSPS) is 24.5. The minimum atomic E-state index is -1.06. The molecule has 2 aromatic rings. The van der Waals surface area contributed by atoms with Gasteiger partial charge in [-0.25, -0.2) is 9.68 Å². The molecular formula is C20H22ClN3O9. The van der Waals surface area contributed by atoms with E-state index in [1.54, 1.807) is 25.3 Å². The number of esters is 1. The molecule has 1 aliphatic carbocycles. The quantitative estimate of drug-likeness (QED) is 0.338. The van der Waals surface area contributed by atoms with Crippen molar-refractivity contribution in [2.24, 2.45) is 5.92 Å². The van der Waals surface area contributed by atoms with Crippen LogP contribution in [-0.2, 0) is 25.8 Å². The molecule has 0 radical (unpaired) electrons. The van der Waals surface area contributed by atoms with Crippen molar-refractivity contribution in [2.45, 2.75) is 44.7 Å². The van der Waals surface area contributed by atoms with Crippen molar-refractivity contribution < 1.29 is 44.8 Å². The zero-order valence-electron chi connectivity index (χ0n) is 17.4. The fourth-order valence-electron chi connectivity index (χ4n) is 4.13. The van der Waals surface area contributed by atoms with E-state index in [1.807, 2.05) is 12.1 Å². The van der Waals surface area contributed by atoms with E-state index in [1.165, 1.54) is 0 Å². The van der Waals surface area contributed by atoms with Gasteiger partial charge in [-0.05, 0) is 37.5 Å². The Kier molecular flexibility index (Phi) is 7.21. The van der Waals surface area contributed by atoms with Crippen LogP contribution in [0.15, 0.2) is 30.5 Å². The van der Waals surface area contributed by atoms with Crippen molar-refractivity contribution in [3.8, 4) is 5.75 Å². The van der Waals surface area contributed by atoms with E-state index in [9.17, 15) is 4.79 Å². The van der Waals surface area contributed by atoms with Crippen molar-refractivity contribution in [3.63, 3.8) is 0 Å². The highest BCUT2D eigenvalue weighted by Gasteiger charge is 2.43. The molecule has 4 rings (SSSR count). The molecule has 1 aromatic heterocycles. The number of benzene rings is 1. The third-order valence-corrected chi connectivity index (χ3v) is 5.89. The lowest BCUT2D eigenvalue weighted by atomic mass is 10.00. The molecule has 0 spiro atoms. The Labute approximate surface area is 192 Å². The number of fused-ring (bicyclic) bond motifs is 1. The molecule has 4 atom stereocenters. The van der Waals surface area contributed by atoms with E-state index in [-0.39, 0.29) is 31.3 Å². The smallest absolute Gasteiger partial charge is 0.314 e. The largest absolute Gasteiger partial charge is 0.424 e. The average Bonchev–Trinajstić information content (AvgIpc) is 3.34. The Morgan fingerprint density at radius 3 is 2.27 bits per heavy atom. The molecule has 12 nitrogen and oxygen atoms in total. The average molecular weight is 484 g/mol. The summed E-state index contributed by atoms with van der Waals surface area (Å²) in [6.45, 7) is 1.92. The van der Waals surface area contributed by atoms with Gasteiger partial charge in [-0.2, -0.15) is 0 Å². The van der Waals surface area contributed by atoms with E-state index in [0.717, 1.165) is 11.1 Å². The van der Waals surface area contributed by atoms with E-state index in [0.29, 0.717) is 16.3 Å². The predicted octanol–water partition coefficient (Wildman–Crippen LogP) is 2.74. The number of nitrogens with zero attached hydrogens (tertiary/aromatic N) is 3. The van der Waals surface area contributed by atoms with Gasteiger partial charge in [0.2, 0.25) is 0 Å². The van der Waals surface area contributed by atoms with Gasteiger partial charge in [0.25, 0.3) is 0 Å². The molecule has 4 N–H and O–H groups in total. The lowest BCUT2D eigenvalue weighted by Crippen LogP contribution is -2.35. The molecule has 1 unspecified atom stereocenters. The SMILES string of the molecule is Cc1ncc2c(c1OC(=O)[C@@H]1C[C@H](ON(O)O)[C@H](ON(O)O)C1)COC2c1ccc(Cl)cc1. The summed E-state index contributed by atoms with van der Waals surface area (Å²) in [5.74, 6) is -1.13. The van der Waals surface area contributed by atoms with Gasteiger partial charge in [-0.1, -0.05) is 23.7 Å². The van der Waals surface area contributed by atoms with Gasteiger partial charge in [0.05, 0.1) is 29.0 Å². The number of pyridine rings is 1. The van der Waals surface area contributed by atoms with Gasteiger partial charge in [-0.15, -0.1) is 0 Å². The van der Waals surface area contributed by atoms with Gasteiger partial charge in [0.1, 0.15) is 18.3 Å². The first kappa shape index (κ1) is 23.9. The monoisotopic (exact) mass is 483 g/mol. The Bertz CT molecular complexity index is 987. The standard InChI is InChI=1S/C20H22ClN3O9/c1-10-18(15-9-30-19(14(15)8-22-10)11-2-4-13(21)5-3-11)31-20(25)12-6-16(32-23(26)27)17(7-12)33-24(28)29/h2-5,8,12,16-17,19,26-29H,6-7,9H2,1H3/t12-,16+,17-,19?. The van der Waals surface area contributed by atoms with Crippen LogP contribution in [0, 0.1) is 12.8 Å². The molecule has 1 aromatic carbocycles. The number of halogens is 1. The highest BCUT2D eigenvalue weighted by Crippen LogP contribution is 2.42. The first-order valence-electron chi connectivity index (χ1n) is 9.99. The first-order valence-corrected chi connectivity index (χ1v) is 10.4. The molecule has 0 amide bonds. The molecule has 178 valence electrons. The minimum absolute atomic E-state index is 0.0274. The van der Waals surface area contributed by atoms with Crippen LogP contribution in [0.25, 0.3) is 0 Å². The minimum Gasteiger partial charge on any atom is -0.424 e. The molecule has 2 aliphatic rings. The second kappa shape index (κ2) is 9.95. The predicted molar refractivity (Wildman–Crippen MR) is 106 cm³/mol. The maximum absolute atomic E-state index is 12.9. The molecule has 1 saturated carbocycles. The highest BCUT2D eigenvalue weighted by atomic mass is 35.5. The maximum Gasteiger partial charge on any atom is 0.314 e. The summed E-state index contributed by atoms with van der Waals surface area (Å²) in [7, 11) is 0. The summed E-state index contributed by atoms with van der Waals surface area (Å²) in [4.78, 5) is 26.8. The Morgan fingerprint density at radius 2 is 1.70 bits per heavy atom.